The molecule has 1 nitrogen and oxygen atoms in total. The normalized spacial score (nSPS) is 20.7. The molecule has 158 valence electrons. The number of alkyl halides is 6. The number of halogens is 7. The molecule has 0 heterocycles. The van der Waals surface area contributed by atoms with Crippen LogP contribution in [0.4, 0.5) is 30.7 Å². The molecule has 1 aliphatic rings. The summed E-state index contributed by atoms with van der Waals surface area (Å²) in [7, 11) is 0. The van der Waals surface area contributed by atoms with Gasteiger partial charge in [0.1, 0.15) is 5.82 Å². The van der Waals surface area contributed by atoms with E-state index in [0.29, 0.717) is 18.6 Å². The third kappa shape index (κ3) is 5.50. The summed E-state index contributed by atoms with van der Waals surface area (Å²) in [6.07, 6.45) is -6.99. The van der Waals surface area contributed by atoms with Crippen molar-refractivity contribution in [1.29, 1.82) is 0 Å². The zero-order chi connectivity index (χ0) is 21.2. The molecule has 2 aromatic carbocycles. The summed E-state index contributed by atoms with van der Waals surface area (Å²) in [6.45, 7) is -0.366. The smallest absolute Gasteiger partial charge is 0.373 e. The van der Waals surface area contributed by atoms with Crippen LogP contribution in [0.3, 0.4) is 0 Å². The topological polar surface area (TPSA) is 9.23 Å². The van der Waals surface area contributed by atoms with Crippen molar-refractivity contribution in [3.8, 4) is 0 Å². The number of benzene rings is 2. The largest absolute Gasteiger partial charge is 0.416 e. The van der Waals surface area contributed by atoms with Crippen molar-refractivity contribution in [2.75, 3.05) is 0 Å². The fourth-order valence-corrected chi connectivity index (χ4v) is 3.69. The number of hydrogen-bond acceptors (Lipinski definition) is 1. The molecule has 0 aliphatic heterocycles. The lowest BCUT2D eigenvalue weighted by atomic mass is 9.81. The van der Waals surface area contributed by atoms with E-state index in [1.54, 1.807) is 12.1 Å². The van der Waals surface area contributed by atoms with E-state index in [0.717, 1.165) is 24.8 Å². The van der Waals surface area contributed by atoms with Crippen molar-refractivity contribution >= 4 is 0 Å². The van der Waals surface area contributed by atoms with Gasteiger partial charge >= 0.3 is 12.4 Å². The second-order valence-electron chi connectivity index (χ2n) is 7.21. The summed E-state index contributed by atoms with van der Waals surface area (Å²) in [4.78, 5) is 0. The summed E-state index contributed by atoms with van der Waals surface area (Å²) in [6, 6.07) is 7.38. The Kier molecular flexibility index (Phi) is 6.22. The fraction of sp³-hybridized carbons (Fsp3) is 0.429. The molecule has 0 radical (unpaired) electrons. The van der Waals surface area contributed by atoms with Gasteiger partial charge in [-0.25, -0.2) is 4.39 Å². The van der Waals surface area contributed by atoms with Crippen LogP contribution in [0.1, 0.15) is 53.9 Å². The Hall–Kier alpha value is -2.09. The lowest BCUT2D eigenvalue weighted by Crippen LogP contribution is -2.26. The summed E-state index contributed by atoms with van der Waals surface area (Å²) >= 11 is 0. The third-order valence-electron chi connectivity index (χ3n) is 5.11. The van der Waals surface area contributed by atoms with Gasteiger partial charge in [0.15, 0.2) is 0 Å². The molecule has 2 atom stereocenters. The number of ether oxygens (including phenoxy) is 1. The van der Waals surface area contributed by atoms with E-state index in [-0.39, 0.29) is 36.1 Å². The van der Waals surface area contributed by atoms with Crippen LogP contribution in [0.5, 0.6) is 0 Å². The first kappa shape index (κ1) is 21.6. The molecule has 3 rings (SSSR count). The van der Waals surface area contributed by atoms with Gasteiger partial charge in [-0.2, -0.15) is 26.3 Å². The fourth-order valence-electron chi connectivity index (χ4n) is 3.69. The summed E-state index contributed by atoms with van der Waals surface area (Å²) in [5.74, 6) is -0.470. The second kappa shape index (κ2) is 8.34. The van der Waals surface area contributed by atoms with Gasteiger partial charge in [0, 0.05) is 5.92 Å². The molecule has 0 unspecified atom stereocenters. The minimum Gasteiger partial charge on any atom is -0.373 e. The molecule has 0 amide bonds. The van der Waals surface area contributed by atoms with Crippen molar-refractivity contribution in [2.45, 2.75) is 56.7 Å². The number of rotatable bonds is 4. The molecule has 1 aliphatic carbocycles. The van der Waals surface area contributed by atoms with Gasteiger partial charge in [0.05, 0.1) is 23.8 Å². The average molecular weight is 420 g/mol. The van der Waals surface area contributed by atoms with Crippen molar-refractivity contribution in [1.82, 2.24) is 0 Å². The van der Waals surface area contributed by atoms with Crippen LogP contribution >= 0.6 is 0 Å². The molecule has 0 saturated heterocycles. The van der Waals surface area contributed by atoms with Gasteiger partial charge in [-0.1, -0.05) is 25.0 Å². The van der Waals surface area contributed by atoms with Gasteiger partial charge in [0.2, 0.25) is 0 Å². The molecule has 0 spiro atoms. The van der Waals surface area contributed by atoms with Gasteiger partial charge < -0.3 is 4.74 Å². The molecule has 0 aromatic heterocycles. The van der Waals surface area contributed by atoms with Crippen LogP contribution in [0.15, 0.2) is 42.5 Å². The second-order valence-corrected chi connectivity index (χ2v) is 7.21. The van der Waals surface area contributed by atoms with Crippen molar-refractivity contribution in [3.63, 3.8) is 0 Å². The number of hydrogen-bond donors (Lipinski definition) is 0. The summed E-state index contributed by atoms with van der Waals surface area (Å²) < 4.78 is 97.0. The first-order chi connectivity index (χ1) is 13.5. The van der Waals surface area contributed by atoms with E-state index in [4.69, 9.17) is 4.74 Å². The van der Waals surface area contributed by atoms with Crippen molar-refractivity contribution < 1.29 is 35.5 Å². The lowest BCUT2D eigenvalue weighted by molar-refractivity contribution is -0.143. The van der Waals surface area contributed by atoms with Gasteiger partial charge in [0.25, 0.3) is 0 Å². The first-order valence-electron chi connectivity index (χ1n) is 9.19. The third-order valence-corrected chi connectivity index (χ3v) is 5.11. The highest BCUT2D eigenvalue weighted by atomic mass is 19.4. The average Bonchev–Trinajstić information content (AvgIpc) is 2.66. The van der Waals surface area contributed by atoms with Gasteiger partial charge in [-0.3, -0.25) is 0 Å². The van der Waals surface area contributed by atoms with E-state index in [2.05, 4.69) is 0 Å². The van der Waals surface area contributed by atoms with Crippen LogP contribution in [0, 0.1) is 5.82 Å². The SMILES string of the molecule is Fc1ccc([C@H]2CCCC[C@@H]2OCc2cc(C(F)(F)F)cc(C(F)(F)F)c2)cc1. The van der Waals surface area contributed by atoms with E-state index in [1.165, 1.54) is 12.1 Å². The van der Waals surface area contributed by atoms with Crippen LogP contribution in [-0.2, 0) is 23.7 Å². The van der Waals surface area contributed by atoms with E-state index in [9.17, 15) is 30.7 Å². The maximum absolute atomic E-state index is 13.2. The highest BCUT2D eigenvalue weighted by molar-refractivity contribution is 5.33. The predicted molar refractivity (Wildman–Crippen MR) is 92.6 cm³/mol. The molecule has 1 fully saturated rings. The zero-order valence-corrected chi connectivity index (χ0v) is 15.3. The van der Waals surface area contributed by atoms with Crippen LogP contribution < -0.4 is 0 Å². The molecule has 8 heteroatoms. The highest BCUT2D eigenvalue weighted by Gasteiger charge is 2.37. The Morgan fingerprint density at radius 2 is 1.34 bits per heavy atom. The summed E-state index contributed by atoms with van der Waals surface area (Å²) in [5.41, 5.74) is -2.05. The molecule has 1 saturated carbocycles. The lowest BCUT2D eigenvalue weighted by Gasteiger charge is -2.32. The molecular weight excluding hydrogens is 401 g/mol. The highest BCUT2D eigenvalue weighted by Crippen LogP contribution is 2.38. The standard InChI is InChI=1S/C21H19F7O/c22-17-7-5-14(6-8-17)18-3-1-2-4-19(18)29-12-13-9-15(20(23,24)25)11-16(10-13)21(26,27)28/h5-11,18-19H,1-4,12H2/t18-,19+/m1/s1. The Labute approximate surface area is 163 Å². The summed E-state index contributed by atoms with van der Waals surface area (Å²) in [5, 5.41) is 0. The maximum atomic E-state index is 13.2. The van der Waals surface area contributed by atoms with E-state index in [1.807, 2.05) is 0 Å². The quantitative estimate of drug-likeness (QED) is 0.479. The Bertz CT molecular complexity index is 792. The van der Waals surface area contributed by atoms with Crippen LogP contribution in [-0.4, -0.2) is 6.10 Å². The Balaban J connectivity index is 1.80. The Morgan fingerprint density at radius 3 is 1.90 bits per heavy atom. The molecule has 0 bridgehead atoms. The van der Waals surface area contributed by atoms with Crippen LogP contribution in [0.2, 0.25) is 0 Å². The zero-order valence-electron chi connectivity index (χ0n) is 15.3. The minimum absolute atomic E-state index is 0.0859. The molecule has 2 aromatic rings. The van der Waals surface area contributed by atoms with E-state index < -0.39 is 23.5 Å². The molecular formula is C21H19F7O. The maximum Gasteiger partial charge on any atom is 0.416 e. The monoisotopic (exact) mass is 420 g/mol. The predicted octanol–water partition coefficient (Wildman–Crippen LogP) is 7.11. The van der Waals surface area contributed by atoms with Crippen LogP contribution in [0.25, 0.3) is 0 Å². The van der Waals surface area contributed by atoms with Crippen molar-refractivity contribution in [2.24, 2.45) is 0 Å². The molecule has 0 N–H and O–H groups in total. The van der Waals surface area contributed by atoms with Gasteiger partial charge in [-0.15, -0.1) is 0 Å². The van der Waals surface area contributed by atoms with E-state index >= 15 is 0 Å². The Morgan fingerprint density at radius 1 is 0.793 bits per heavy atom. The first-order valence-corrected chi connectivity index (χ1v) is 9.19. The van der Waals surface area contributed by atoms with Crippen molar-refractivity contribution in [3.05, 3.63) is 70.5 Å². The minimum atomic E-state index is -4.89. The van der Waals surface area contributed by atoms with Gasteiger partial charge in [-0.05, 0) is 54.3 Å². The molecule has 29 heavy (non-hydrogen) atoms.